The molecule has 5 heteroatoms. The van der Waals surface area contributed by atoms with Crippen molar-refractivity contribution < 1.29 is 0 Å². The summed E-state index contributed by atoms with van der Waals surface area (Å²) in [6, 6.07) is 16.1. The number of benzene rings is 2. The molecule has 0 radical (unpaired) electrons. The van der Waals surface area contributed by atoms with Crippen molar-refractivity contribution in [3.63, 3.8) is 0 Å². The molecule has 1 heterocycles. The second-order valence-corrected chi connectivity index (χ2v) is 7.23. The Morgan fingerprint density at radius 3 is 2.50 bits per heavy atom. The molecule has 0 unspecified atom stereocenters. The van der Waals surface area contributed by atoms with Crippen molar-refractivity contribution in [2.24, 2.45) is 10.2 Å². The zero-order valence-electron chi connectivity index (χ0n) is 14.8. The van der Waals surface area contributed by atoms with E-state index in [1.54, 1.807) is 11.3 Å². The van der Waals surface area contributed by atoms with Crippen molar-refractivity contribution in [1.82, 2.24) is 4.57 Å². The molecule has 3 aromatic rings. The summed E-state index contributed by atoms with van der Waals surface area (Å²) < 4.78 is 2.10. The largest absolute Gasteiger partial charge is 0.311 e. The molecule has 0 fully saturated rings. The summed E-state index contributed by atoms with van der Waals surface area (Å²) >= 11 is 7.56. The van der Waals surface area contributed by atoms with Crippen molar-refractivity contribution in [2.75, 3.05) is 0 Å². The normalized spacial score (nSPS) is 12.4. The number of thiazole rings is 1. The molecule has 0 aliphatic carbocycles. The third kappa shape index (κ3) is 4.21. The lowest BCUT2D eigenvalue weighted by Gasteiger charge is -2.06. The van der Waals surface area contributed by atoms with Crippen LogP contribution in [0.15, 0.2) is 76.8 Å². The number of nitrogens with zero attached hydrogens (tertiary/aromatic N) is 3. The van der Waals surface area contributed by atoms with Crippen molar-refractivity contribution in [3.8, 4) is 11.3 Å². The maximum absolute atomic E-state index is 6.00. The van der Waals surface area contributed by atoms with Gasteiger partial charge in [-0.15, -0.1) is 23.0 Å². The lowest BCUT2D eigenvalue weighted by atomic mass is 10.1. The quantitative estimate of drug-likeness (QED) is 0.309. The summed E-state index contributed by atoms with van der Waals surface area (Å²) in [7, 11) is 0. The Balaban J connectivity index is 2.00. The molecule has 2 aromatic carbocycles. The lowest BCUT2D eigenvalue weighted by molar-refractivity contribution is 0.788. The van der Waals surface area contributed by atoms with Gasteiger partial charge in [0.15, 0.2) is 0 Å². The number of allylic oxidation sites excluding steroid dienone is 1. The molecular formula is C21H20ClN3S. The van der Waals surface area contributed by atoms with E-state index in [9.17, 15) is 0 Å². The third-order valence-electron chi connectivity index (χ3n) is 4.00. The molecule has 0 aliphatic rings. The molecule has 0 saturated heterocycles. The van der Waals surface area contributed by atoms with Crippen molar-refractivity contribution >= 4 is 28.6 Å². The highest BCUT2D eigenvalue weighted by atomic mass is 35.5. The van der Waals surface area contributed by atoms with Gasteiger partial charge in [-0.25, -0.2) is 0 Å². The van der Waals surface area contributed by atoms with Gasteiger partial charge in [-0.05, 0) is 37.1 Å². The first-order chi connectivity index (χ1) is 12.6. The van der Waals surface area contributed by atoms with Crippen molar-refractivity contribution in [3.05, 3.63) is 87.5 Å². The van der Waals surface area contributed by atoms with E-state index in [0.29, 0.717) is 6.54 Å². The minimum absolute atomic E-state index is 0.666. The third-order valence-corrected chi connectivity index (χ3v) is 5.11. The fourth-order valence-corrected chi connectivity index (χ4v) is 3.53. The van der Waals surface area contributed by atoms with Crippen LogP contribution in [0.1, 0.15) is 18.1 Å². The monoisotopic (exact) mass is 381 g/mol. The van der Waals surface area contributed by atoms with E-state index in [1.807, 2.05) is 37.3 Å². The molecule has 26 heavy (non-hydrogen) atoms. The SMILES string of the molecule is C=CCn1c(-c2ccc(Cl)cc2)cs/c1=N/N=C(\C)c1ccc(C)cc1. The highest BCUT2D eigenvalue weighted by Crippen LogP contribution is 2.22. The number of hydrogen-bond donors (Lipinski definition) is 0. The Morgan fingerprint density at radius 1 is 1.15 bits per heavy atom. The van der Waals surface area contributed by atoms with E-state index in [4.69, 9.17) is 11.6 Å². The van der Waals surface area contributed by atoms with Gasteiger partial charge in [-0.1, -0.05) is 59.6 Å². The summed E-state index contributed by atoms with van der Waals surface area (Å²) in [4.78, 5) is 0.835. The number of aromatic nitrogens is 1. The smallest absolute Gasteiger partial charge is 0.211 e. The molecule has 0 saturated carbocycles. The lowest BCUT2D eigenvalue weighted by Crippen LogP contribution is -2.15. The van der Waals surface area contributed by atoms with Crippen LogP contribution in [0.3, 0.4) is 0 Å². The molecule has 1 aromatic heterocycles. The molecule has 0 aliphatic heterocycles. The van der Waals surface area contributed by atoms with Gasteiger partial charge in [0.25, 0.3) is 0 Å². The Kier molecular flexibility index (Phi) is 5.86. The molecule has 0 bridgehead atoms. The molecule has 3 nitrogen and oxygen atoms in total. The predicted octanol–water partition coefficient (Wildman–Crippen LogP) is 5.69. The number of halogens is 1. The summed E-state index contributed by atoms with van der Waals surface area (Å²) in [6.07, 6.45) is 1.86. The molecule has 0 amide bonds. The van der Waals surface area contributed by atoms with E-state index in [0.717, 1.165) is 32.4 Å². The van der Waals surface area contributed by atoms with Gasteiger partial charge in [0.1, 0.15) is 0 Å². The number of rotatable bonds is 5. The molecule has 0 atom stereocenters. The van der Waals surface area contributed by atoms with Gasteiger partial charge in [0, 0.05) is 16.9 Å². The van der Waals surface area contributed by atoms with E-state index in [-0.39, 0.29) is 0 Å². The maximum atomic E-state index is 6.00. The van der Waals surface area contributed by atoms with Gasteiger partial charge < -0.3 is 4.57 Å². The van der Waals surface area contributed by atoms with Crippen LogP contribution in [-0.2, 0) is 6.54 Å². The average Bonchev–Trinajstić information content (AvgIpc) is 3.04. The minimum atomic E-state index is 0.666. The Morgan fingerprint density at radius 2 is 1.85 bits per heavy atom. The van der Waals surface area contributed by atoms with Crippen molar-refractivity contribution in [1.29, 1.82) is 0 Å². The summed E-state index contributed by atoms with van der Waals surface area (Å²) in [5.74, 6) is 0. The average molecular weight is 382 g/mol. The van der Waals surface area contributed by atoms with E-state index in [1.165, 1.54) is 5.56 Å². The standard InChI is InChI=1S/C21H20ClN3S/c1-4-13-25-20(18-9-11-19(22)12-10-18)14-26-21(25)24-23-16(3)17-7-5-15(2)6-8-17/h4-12,14H,1,13H2,2-3H3/b23-16+,24-21+. The molecule has 3 rings (SSSR count). The Hall–Kier alpha value is -2.43. The van der Waals surface area contributed by atoms with Gasteiger partial charge in [0.05, 0.1) is 11.4 Å². The van der Waals surface area contributed by atoms with Crippen molar-refractivity contribution in [2.45, 2.75) is 20.4 Å². The first-order valence-electron chi connectivity index (χ1n) is 8.29. The number of hydrogen-bond acceptors (Lipinski definition) is 3. The van der Waals surface area contributed by atoms with Crippen LogP contribution in [0.2, 0.25) is 5.02 Å². The van der Waals surface area contributed by atoms with Gasteiger partial charge >= 0.3 is 0 Å². The summed E-state index contributed by atoms with van der Waals surface area (Å²) in [5, 5.41) is 11.7. The number of aryl methyl sites for hydroxylation is 1. The van der Waals surface area contributed by atoms with Crippen LogP contribution in [-0.4, -0.2) is 10.3 Å². The Labute approximate surface area is 162 Å². The van der Waals surface area contributed by atoms with Gasteiger partial charge in [-0.2, -0.15) is 5.10 Å². The topological polar surface area (TPSA) is 29.6 Å². The first kappa shape index (κ1) is 18.4. The highest BCUT2D eigenvalue weighted by Gasteiger charge is 2.07. The first-order valence-corrected chi connectivity index (χ1v) is 9.54. The second kappa shape index (κ2) is 8.30. The zero-order chi connectivity index (χ0) is 18.5. The van der Waals surface area contributed by atoms with Gasteiger partial charge in [0.2, 0.25) is 4.80 Å². The van der Waals surface area contributed by atoms with Gasteiger partial charge in [-0.3, -0.25) is 0 Å². The van der Waals surface area contributed by atoms with E-state index < -0.39 is 0 Å². The second-order valence-electron chi connectivity index (χ2n) is 5.96. The minimum Gasteiger partial charge on any atom is -0.311 e. The zero-order valence-corrected chi connectivity index (χ0v) is 16.4. The Bertz CT molecular complexity index is 993. The summed E-state index contributed by atoms with van der Waals surface area (Å²) in [5.41, 5.74) is 5.36. The van der Waals surface area contributed by atoms with Crippen LogP contribution in [0, 0.1) is 6.92 Å². The van der Waals surface area contributed by atoms with Crippen LogP contribution in [0.25, 0.3) is 11.3 Å². The molecule has 0 N–H and O–H groups in total. The van der Waals surface area contributed by atoms with Crippen LogP contribution < -0.4 is 4.80 Å². The molecular weight excluding hydrogens is 362 g/mol. The van der Waals surface area contributed by atoms with Crippen LogP contribution >= 0.6 is 22.9 Å². The highest BCUT2D eigenvalue weighted by molar-refractivity contribution is 7.07. The summed E-state index contributed by atoms with van der Waals surface area (Å²) in [6.45, 7) is 8.57. The maximum Gasteiger partial charge on any atom is 0.211 e. The molecule has 132 valence electrons. The fraction of sp³-hybridized carbons (Fsp3) is 0.143. The predicted molar refractivity (Wildman–Crippen MR) is 112 cm³/mol. The van der Waals surface area contributed by atoms with Crippen LogP contribution in [0.5, 0.6) is 0 Å². The van der Waals surface area contributed by atoms with Crippen LogP contribution in [0.4, 0.5) is 0 Å². The van der Waals surface area contributed by atoms with E-state index >= 15 is 0 Å². The molecule has 0 spiro atoms. The fourth-order valence-electron chi connectivity index (χ4n) is 2.54. The van der Waals surface area contributed by atoms with E-state index in [2.05, 4.69) is 57.9 Å².